The van der Waals surface area contributed by atoms with Crippen molar-refractivity contribution >= 4 is 11.8 Å². The van der Waals surface area contributed by atoms with Crippen LogP contribution in [0.15, 0.2) is 41.6 Å². The summed E-state index contributed by atoms with van der Waals surface area (Å²) in [6.45, 7) is 0. The van der Waals surface area contributed by atoms with Crippen LogP contribution >= 0.6 is 11.8 Å². The smallest absolute Gasteiger partial charge is 0.159 e. The third kappa shape index (κ3) is 2.84. The highest BCUT2D eigenvalue weighted by Crippen LogP contribution is 2.24. The SMILES string of the molecule is N#Cc1cccnc1SCc1ccc(F)c(F)c1. The maximum atomic E-state index is 13.0. The van der Waals surface area contributed by atoms with Crippen molar-refractivity contribution in [2.75, 3.05) is 0 Å². The Balaban J connectivity index is 2.12. The minimum atomic E-state index is -0.866. The number of nitriles is 1. The van der Waals surface area contributed by atoms with Gasteiger partial charge in [-0.25, -0.2) is 13.8 Å². The summed E-state index contributed by atoms with van der Waals surface area (Å²) < 4.78 is 25.7. The molecule has 2 rings (SSSR count). The summed E-state index contributed by atoms with van der Waals surface area (Å²) in [6.07, 6.45) is 1.59. The molecule has 0 saturated carbocycles. The van der Waals surface area contributed by atoms with E-state index in [0.29, 0.717) is 21.9 Å². The lowest BCUT2D eigenvalue weighted by molar-refractivity contribution is 0.507. The monoisotopic (exact) mass is 262 g/mol. The van der Waals surface area contributed by atoms with Crippen LogP contribution in [0.2, 0.25) is 0 Å². The molecule has 90 valence electrons. The molecule has 0 aliphatic rings. The predicted molar refractivity (Wildman–Crippen MR) is 64.9 cm³/mol. The van der Waals surface area contributed by atoms with E-state index in [-0.39, 0.29) is 0 Å². The predicted octanol–water partition coefficient (Wildman–Crippen LogP) is 3.52. The lowest BCUT2D eigenvalue weighted by Gasteiger charge is -2.03. The Hall–Kier alpha value is -1.93. The first kappa shape index (κ1) is 12.5. The summed E-state index contributed by atoms with van der Waals surface area (Å²) in [6, 6.07) is 9.14. The largest absolute Gasteiger partial charge is 0.249 e. The number of thioether (sulfide) groups is 1. The minimum absolute atomic E-state index is 0.433. The van der Waals surface area contributed by atoms with Crippen LogP contribution in [0, 0.1) is 23.0 Å². The van der Waals surface area contributed by atoms with Crippen LogP contribution in [0.3, 0.4) is 0 Å². The summed E-state index contributed by atoms with van der Waals surface area (Å²) in [4.78, 5) is 4.08. The van der Waals surface area contributed by atoms with Gasteiger partial charge in [0.2, 0.25) is 0 Å². The zero-order valence-electron chi connectivity index (χ0n) is 9.23. The van der Waals surface area contributed by atoms with Crippen LogP contribution < -0.4 is 0 Å². The standard InChI is InChI=1S/C13H8F2N2S/c14-11-4-3-9(6-12(11)15)8-18-13-10(7-16)2-1-5-17-13/h1-6H,8H2. The van der Waals surface area contributed by atoms with E-state index in [0.717, 1.165) is 12.1 Å². The van der Waals surface area contributed by atoms with Gasteiger partial charge in [0.1, 0.15) is 11.1 Å². The molecule has 0 spiro atoms. The van der Waals surface area contributed by atoms with E-state index in [9.17, 15) is 8.78 Å². The summed E-state index contributed by atoms with van der Waals surface area (Å²) in [5.41, 5.74) is 1.12. The van der Waals surface area contributed by atoms with Gasteiger partial charge >= 0.3 is 0 Å². The Morgan fingerprint density at radius 1 is 1.22 bits per heavy atom. The molecule has 2 aromatic rings. The third-order valence-corrected chi connectivity index (χ3v) is 3.33. The van der Waals surface area contributed by atoms with Crippen LogP contribution in [0.5, 0.6) is 0 Å². The lowest BCUT2D eigenvalue weighted by Crippen LogP contribution is -1.90. The molecule has 0 radical (unpaired) electrons. The van der Waals surface area contributed by atoms with E-state index in [1.807, 2.05) is 6.07 Å². The Morgan fingerprint density at radius 2 is 2.06 bits per heavy atom. The molecule has 0 atom stereocenters. The fourth-order valence-electron chi connectivity index (χ4n) is 1.37. The molecule has 18 heavy (non-hydrogen) atoms. The Morgan fingerprint density at radius 3 is 2.78 bits per heavy atom. The van der Waals surface area contributed by atoms with Crippen molar-refractivity contribution < 1.29 is 8.78 Å². The zero-order chi connectivity index (χ0) is 13.0. The van der Waals surface area contributed by atoms with E-state index in [1.54, 1.807) is 18.3 Å². The van der Waals surface area contributed by atoms with Crippen molar-refractivity contribution in [1.82, 2.24) is 4.98 Å². The summed E-state index contributed by atoms with van der Waals surface area (Å²) in [7, 11) is 0. The molecule has 0 aliphatic carbocycles. The lowest BCUT2D eigenvalue weighted by atomic mass is 10.2. The fraction of sp³-hybridized carbons (Fsp3) is 0.0769. The van der Waals surface area contributed by atoms with Crippen molar-refractivity contribution in [3.63, 3.8) is 0 Å². The van der Waals surface area contributed by atoms with E-state index in [4.69, 9.17) is 5.26 Å². The molecule has 1 heterocycles. The van der Waals surface area contributed by atoms with Gasteiger partial charge in [-0.05, 0) is 29.8 Å². The van der Waals surface area contributed by atoms with Gasteiger partial charge in [-0.3, -0.25) is 0 Å². The van der Waals surface area contributed by atoms with E-state index in [2.05, 4.69) is 4.98 Å². The molecule has 0 unspecified atom stereocenters. The third-order valence-electron chi connectivity index (χ3n) is 2.25. The first-order chi connectivity index (χ1) is 8.70. The van der Waals surface area contributed by atoms with Crippen LogP contribution in [-0.4, -0.2) is 4.98 Å². The molecule has 0 saturated heterocycles. The van der Waals surface area contributed by atoms with Gasteiger partial charge in [-0.15, -0.1) is 11.8 Å². The molecule has 0 aliphatic heterocycles. The highest BCUT2D eigenvalue weighted by Gasteiger charge is 2.06. The molecule has 0 fully saturated rings. The van der Waals surface area contributed by atoms with Gasteiger partial charge in [-0.2, -0.15) is 5.26 Å². The summed E-state index contributed by atoms with van der Waals surface area (Å²) >= 11 is 1.32. The number of nitrogens with zero attached hydrogens (tertiary/aromatic N) is 2. The molecule has 0 N–H and O–H groups in total. The van der Waals surface area contributed by atoms with Gasteiger partial charge in [0.15, 0.2) is 11.6 Å². The maximum Gasteiger partial charge on any atom is 0.159 e. The Bertz CT molecular complexity index is 608. The average molecular weight is 262 g/mol. The second-order valence-corrected chi connectivity index (χ2v) is 4.47. The highest BCUT2D eigenvalue weighted by atomic mass is 32.2. The van der Waals surface area contributed by atoms with Gasteiger partial charge in [0.25, 0.3) is 0 Å². The molecule has 1 aromatic carbocycles. The number of halogens is 2. The molecule has 0 bridgehead atoms. The Labute approximate surface area is 107 Å². The number of hydrogen-bond donors (Lipinski definition) is 0. The van der Waals surface area contributed by atoms with Crippen molar-refractivity contribution in [1.29, 1.82) is 5.26 Å². The van der Waals surface area contributed by atoms with Crippen LogP contribution in [0.4, 0.5) is 8.78 Å². The highest BCUT2D eigenvalue weighted by molar-refractivity contribution is 7.98. The van der Waals surface area contributed by atoms with Crippen LogP contribution in [-0.2, 0) is 5.75 Å². The van der Waals surface area contributed by atoms with Gasteiger partial charge in [-0.1, -0.05) is 6.07 Å². The summed E-state index contributed by atoms with van der Waals surface area (Å²) in [5, 5.41) is 9.47. The van der Waals surface area contributed by atoms with Gasteiger partial charge in [0, 0.05) is 11.9 Å². The number of rotatable bonds is 3. The van der Waals surface area contributed by atoms with Crippen LogP contribution in [0.25, 0.3) is 0 Å². The van der Waals surface area contributed by atoms with E-state index in [1.165, 1.54) is 17.8 Å². The molecular formula is C13H8F2N2S. The Kier molecular flexibility index (Phi) is 3.90. The normalized spacial score (nSPS) is 10.1. The number of hydrogen-bond acceptors (Lipinski definition) is 3. The van der Waals surface area contributed by atoms with E-state index >= 15 is 0 Å². The van der Waals surface area contributed by atoms with Crippen molar-refractivity contribution in [2.24, 2.45) is 0 Å². The first-order valence-electron chi connectivity index (χ1n) is 5.12. The number of aromatic nitrogens is 1. The van der Waals surface area contributed by atoms with Crippen molar-refractivity contribution in [2.45, 2.75) is 10.8 Å². The average Bonchev–Trinajstić information content (AvgIpc) is 2.40. The second kappa shape index (κ2) is 5.61. The van der Waals surface area contributed by atoms with Crippen molar-refractivity contribution in [3.8, 4) is 6.07 Å². The topological polar surface area (TPSA) is 36.7 Å². The molecule has 0 amide bonds. The van der Waals surface area contributed by atoms with Crippen molar-refractivity contribution in [3.05, 3.63) is 59.3 Å². The number of pyridine rings is 1. The molecule has 2 nitrogen and oxygen atoms in total. The number of benzene rings is 1. The van der Waals surface area contributed by atoms with Crippen LogP contribution in [0.1, 0.15) is 11.1 Å². The molecular weight excluding hydrogens is 254 g/mol. The minimum Gasteiger partial charge on any atom is -0.249 e. The van der Waals surface area contributed by atoms with Gasteiger partial charge < -0.3 is 0 Å². The first-order valence-corrected chi connectivity index (χ1v) is 6.11. The quantitative estimate of drug-likeness (QED) is 0.794. The molecule has 1 aromatic heterocycles. The van der Waals surface area contributed by atoms with E-state index < -0.39 is 11.6 Å². The zero-order valence-corrected chi connectivity index (χ0v) is 10.0. The maximum absolute atomic E-state index is 13.0. The van der Waals surface area contributed by atoms with Gasteiger partial charge in [0.05, 0.1) is 5.56 Å². The molecule has 5 heteroatoms. The fourth-order valence-corrected chi connectivity index (χ4v) is 2.26. The second-order valence-electron chi connectivity index (χ2n) is 3.51. The summed E-state index contributed by atoms with van der Waals surface area (Å²) in [5.74, 6) is -1.29.